The van der Waals surface area contributed by atoms with Gasteiger partial charge in [-0.25, -0.2) is 0 Å². The number of nitrogens with zero attached hydrogens (tertiary/aromatic N) is 1. The van der Waals surface area contributed by atoms with E-state index in [0.717, 1.165) is 11.3 Å². The van der Waals surface area contributed by atoms with E-state index in [0.29, 0.717) is 31.3 Å². The molecule has 3 rings (SSSR count). The first-order valence-corrected chi connectivity index (χ1v) is 9.36. The molecule has 2 aromatic carbocycles. The molecule has 1 fully saturated rings. The van der Waals surface area contributed by atoms with E-state index < -0.39 is 0 Å². The molecule has 1 aliphatic heterocycles. The monoisotopic (exact) mass is 366 g/mol. The third-order valence-corrected chi connectivity index (χ3v) is 4.54. The van der Waals surface area contributed by atoms with E-state index >= 15 is 0 Å². The molecule has 1 atom stereocenters. The first kappa shape index (κ1) is 19.0. The van der Waals surface area contributed by atoms with E-state index in [1.807, 2.05) is 54.6 Å². The lowest BCUT2D eigenvalue weighted by atomic mass is 10.1. The minimum atomic E-state index is -0.287. The van der Waals surface area contributed by atoms with E-state index in [-0.39, 0.29) is 24.2 Å². The molecule has 27 heavy (non-hydrogen) atoms. The van der Waals surface area contributed by atoms with Gasteiger partial charge in [0.1, 0.15) is 12.4 Å². The predicted molar refractivity (Wildman–Crippen MR) is 105 cm³/mol. The zero-order valence-corrected chi connectivity index (χ0v) is 15.9. The van der Waals surface area contributed by atoms with Crippen LogP contribution in [0.15, 0.2) is 54.6 Å². The first-order chi connectivity index (χ1) is 13.0. The number of rotatable bonds is 7. The van der Waals surface area contributed by atoms with Crippen molar-refractivity contribution in [2.45, 2.75) is 26.9 Å². The summed E-state index contributed by atoms with van der Waals surface area (Å²) >= 11 is 0. The van der Waals surface area contributed by atoms with Gasteiger partial charge in [0.05, 0.1) is 5.92 Å². The van der Waals surface area contributed by atoms with Crippen LogP contribution in [0.25, 0.3) is 0 Å². The second-order valence-electron chi connectivity index (χ2n) is 7.38. The van der Waals surface area contributed by atoms with Crippen LogP contribution in [0.2, 0.25) is 0 Å². The highest BCUT2D eigenvalue weighted by molar-refractivity contribution is 5.97. The number of likely N-dealkylation sites (tertiary alicyclic amines) is 1. The van der Waals surface area contributed by atoms with Crippen LogP contribution >= 0.6 is 0 Å². The lowest BCUT2D eigenvalue weighted by Crippen LogP contribution is -2.31. The minimum Gasteiger partial charge on any atom is -0.489 e. The molecule has 2 aromatic rings. The summed E-state index contributed by atoms with van der Waals surface area (Å²) in [7, 11) is 0. The lowest BCUT2D eigenvalue weighted by Gasteiger charge is -2.18. The summed E-state index contributed by atoms with van der Waals surface area (Å²) in [5, 5.41) is 2.91. The average molecular weight is 366 g/mol. The van der Waals surface area contributed by atoms with Crippen LogP contribution < -0.4 is 10.1 Å². The molecule has 2 amide bonds. The van der Waals surface area contributed by atoms with Crippen LogP contribution in [-0.4, -0.2) is 29.8 Å². The van der Waals surface area contributed by atoms with Gasteiger partial charge in [0.25, 0.3) is 0 Å². The Morgan fingerprint density at radius 2 is 1.85 bits per heavy atom. The van der Waals surface area contributed by atoms with Gasteiger partial charge in [0, 0.05) is 25.2 Å². The Morgan fingerprint density at radius 1 is 1.15 bits per heavy atom. The Balaban J connectivity index is 1.51. The van der Waals surface area contributed by atoms with Gasteiger partial charge in [-0.3, -0.25) is 9.59 Å². The maximum atomic E-state index is 12.5. The number of carbonyl (C=O) groups is 2. The molecule has 1 unspecified atom stereocenters. The summed E-state index contributed by atoms with van der Waals surface area (Å²) in [5.74, 6) is 0.821. The number of hydrogen-bond donors (Lipinski definition) is 1. The zero-order chi connectivity index (χ0) is 19.2. The van der Waals surface area contributed by atoms with Crippen molar-refractivity contribution in [1.29, 1.82) is 0 Å². The third-order valence-electron chi connectivity index (χ3n) is 4.54. The minimum absolute atomic E-state index is 0.0634. The Bertz CT molecular complexity index is 772. The summed E-state index contributed by atoms with van der Waals surface area (Å²) in [6.45, 7) is 5.85. The molecule has 142 valence electrons. The van der Waals surface area contributed by atoms with Gasteiger partial charge in [-0.15, -0.1) is 0 Å². The zero-order valence-electron chi connectivity index (χ0n) is 15.9. The van der Waals surface area contributed by atoms with Gasteiger partial charge in [-0.2, -0.15) is 0 Å². The highest BCUT2D eigenvalue weighted by atomic mass is 16.5. The number of amides is 2. The van der Waals surface area contributed by atoms with Crippen LogP contribution in [0, 0.1) is 11.8 Å². The summed E-state index contributed by atoms with van der Waals surface area (Å²) < 4.78 is 5.75. The van der Waals surface area contributed by atoms with E-state index in [2.05, 4.69) is 19.2 Å². The van der Waals surface area contributed by atoms with Crippen molar-refractivity contribution in [2.24, 2.45) is 11.8 Å². The quantitative estimate of drug-likeness (QED) is 0.813. The van der Waals surface area contributed by atoms with Crippen LogP contribution in [0.4, 0.5) is 5.69 Å². The molecule has 0 aliphatic carbocycles. The number of nitrogens with one attached hydrogen (secondary N) is 1. The number of anilines is 1. The van der Waals surface area contributed by atoms with Gasteiger partial charge in [-0.05, 0) is 35.7 Å². The molecule has 1 aliphatic rings. The van der Waals surface area contributed by atoms with Crippen LogP contribution in [0.1, 0.15) is 25.8 Å². The number of carbonyl (C=O) groups excluding carboxylic acids is 2. The normalized spacial score (nSPS) is 16.6. The SMILES string of the molecule is CC(C)CN1CC(C(=O)Nc2ccc(OCc3ccccc3)cc2)CC1=O. The largest absolute Gasteiger partial charge is 0.489 e. The fraction of sp³-hybridized carbons (Fsp3) is 0.364. The molecule has 5 heteroatoms. The maximum absolute atomic E-state index is 12.5. The Kier molecular flexibility index (Phi) is 6.12. The van der Waals surface area contributed by atoms with Crippen LogP contribution in [-0.2, 0) is 16.2 Å². The van der Waals surface area contributed by atoms with E-state index in [1.165, 1.54) is 0 Å². The maximum Gasteiger partial charge on any atom is 0.229 e. The summed E-state index contributed by atoms with van der Waals surface area (Å²) in [4.78, 5) is 26.3. The van der Waals surface area contributed by atoms with Crippen LogP contribution in [0.3, 0.4) is 0 Å². The Morgan fingerprint density at radius 3 is 2.52 bits per heavy atom. The van der Waals surface area contributed by atoms with Crippen molar-refractivity contribution in [3.63, 3.8) is 0 Å². The van der Waals surface area contributed by atoms with Gasteiger partial charge in [0.15, 0.2) is 0 Å². The molecule has 1 heterocycles. The second-order valence-corrected chi connectivity index (χ2v) is 7.38. The molecule has 1 N–H and O–H groups in total. The molecule has 0 bridgehead atoms. The molecule has 0 radical (unpaired) electrons. The predicted octanol–water partition coefficient (Wildman–Crippen LogP) is 3.71. The molecule has 0 aromatic heterocycles. The van der Waals surface area contributed by atoms with E-state index in [4.69, 9.17) is 4.74 Å². The fourth-order valence-electron chi connectivity index (χ4n) is 3.18. The number of benzene rings is 2. The molecule has 5 nitrogen and oxygen atoms in total. The van der Waals surface area contributed by atoms with Crippen molar-refractivity contribution >= 4 is 17.5 Å². The summed E-state index contributed by atoms with van der Waals surface area (Å²) in [6, 6.07) is 17.3. The van der Waals surface area contributed by atoms with Crippen molar-refractivity contribution < 1.29 is 14.3 Å². The van der Waals surface area contributed by atoms with E-state index in [9.17, 15) is 9.59 Å². The van der Waals surface area contributed by atoms with Crippen molar-refractivity contribution in [2.75, 3.05) is 18.4 Å². The highest BCUT2D eigenvalue weighted by Crippen LogP contribution is 2.22. The Labute approximate surface area is 160 Å². The van der Waals surface area contributed by atoms with Crippen molar-refractivity contribution in [3.05, 3.63) is 60.2 Å². The standard InChI is InChI=1S/C22H26N2O3/c1-16(2)13-24-14-18(12-21(24)25)22(26)23-19-8-10-20(11-9-19)27-15-17-6-4-3-5-7-17/h3-11,16,18H,12-15H2,1-2H3,(H,23,26). The average Bonchev–Trinajstić information content (AvgIpc) is 3.02. The van der Waals surface area contributed by atoms with Crippen molar-refractivity contribution in [1.82, 2.24) is 4.90 Å². The molecule has 1 saturated heterocycles. The smallest absolute Gasteiger partial charge is 0.229 e. The fourth-order valence-corrected chi connectivity index (χ4v) is 3.18. The van der Waals surface area contributed by atoms with Gasteiger partial charge in [-0.1, -0.05) is 44.2 Å². The molecular formula is C22H26N2O3. The second kappa shape index (κ2) is 8.71. The van der Waals surface area contributed by atoms with Crippen LogP contribution in [0.5, 0.6) is 5.75 Å². The highest BCUT2D eigenvalue weighted by Gasteiger charge is 2.34. The first-order valence-electron chi connectivity index (χ1n) is 9.36. The molecular weight excluding hydrogens is 340 g/mol. The van der Waals surface area contributed by atoms with Gasteiger partial charge >= 0.3 is 0 Å². The van der Waals surface area contributed by atoms with Gasteiger partial charge in [0.2, 0.25) is 11.8 Å². The topological polar surface area (TPSA) is 58.6 Å². The lowest BCUT2D eigenvalue weighted by molar-refractivity contribution is -0.128. The summed E-state index contributed by atoms with van der Waals surface area (Å²) in [6.07, 6.45) is 0.289. The molecule has 0 saturated carbocycles. The van der Waals surface area contributed by atoms with E-state index in [1.54, 1.807) is 4.90 Å². The van der Waals surface area contributed by atoms with Crippen molar-refractivity contribution in [3.8, 4) is 5.75 Å². The third kappa shape index (κ3) is 5.33. The number of ether oxygens (including phenoxy) is 1. The van der Waals surface area contributed by atoms with Gasteiger partial charge < -0.3 is 15.0 Å². The summed E-state index contributed by atoms with van der Waals surface area (Å²) in [5.41, 5.74) is 1.81. The number of hydrogen-bond acceptors (Lipinski definition) is 3. The molecule has 0 spiro atoms. The Hall–Kier alpha value is -2.82.